The Labute approximate surface area is 113 Å². The van der Waals surface area contributed by atoms with Crippen LogP contribution in [0.4, 0.5) is 5.69 Å². The van der Waals surface area contributed by atoms with Crippen molar-refractivity contribution in [2.24, 2.45) is 0 Å². The van der Waals surface area contributed by atoms with Gasteiger partial charge in [-0.05, 0) is 30.7 Å². The molecule has 0 aliphatic carbocycles. The highest BCUT2D eigenvalue weighted by atomic mass is 16.6. The zero-order valence-electron chi connectivity index (χ0n) is 10.6. The Balaban J connectivity index is 1.96. The van der Waals surface area contributed by atoms with E-state index >= 15 is 0 Å². The second-order valence-electron chi connectivity index (χ2n) is 4.21. The number of benzene rings is 1. The van der Waals surface area contributed by atoms with Crippen molar-refractivity contribution < 1.29 is 9.66 Å². The van der Waals surface area contributed by atoms with E-state index in [0.29, 0.717) is 11.6 Å². The first-order valence-corrected chi connectivity index (χ1v) is 5.86. The van der Waals surface area contributed by atoms with Crippen LogP contribution in [0.1, 0.15) is 5.56 Å². The molecule has 2 heterocycles. The zero-order valence-corrected chi connectivity index (χ0v) is 10.6. The number of nitrogens with zero attached hydrogens (tertiary/aromatic N) is 4. The van der Waals surface area contributed by atoms with Crippen LogP contribution in [0.25, 0.3) is 5.52 Å². The molecule has 0 bridgehead atoms. The summed E-state index contributed by atoms with van der Waals surface area (Å²) >= 11 is 0. The number of non-ortho nitro benzene ring substituents is 1. The van der Waals surface area contributed by atoms with Crippen molar-refractivity contribution in [3.8, 4) is 11.6 Å². The number of nitro benzene ring substituents is 1. The number of nitro groups is 1. The van der Waals surface area contributed by atoms with Crippen molar-refractivity contribution in [3.05, 3.63) is 58.5 Å². The third-order valence-electron chi connectivity index (χ3n) is 2.88. The minimum absolute atomic E-state index is 0.0176. The summed E-state index contributed by atoms with van der Waals surface area (Å²) in [6.45, 7) is 1.93. The van der Waals surface area contributed by atoms with Crippen LogP contribution in [0.15, 0.2) is 42.9 Å². The SMILES string of the molecule is Cc1ccn2ncnc(Oc3ccc([N+](=O)[O-])cc3)c12. The Morgan fingerprint density at radius 3 is 2.70 bits per heavy atom. The molecule has 20 heavy (non-hydrogen) atoms. The van der Waals surface area contributed by atoms with E-state index in [2.05, 4.69) is 10.1 Å². The van der Waals surface area contributed by atoms with E-state index in [1.807, 2.05) is 19.2 Å². The lowest BCUT2D eigenvalue weighted by molar-refractivity contribution is -0.384. The van der Waals surface area contributed by atoms with E-state index in [1.54, 1.807) is 4.52 Å². The largest absolute Gasteiger partial charge is 0.437 e. The van der Waals surface area contributed by atoms with Gasteiger partial charge >= 0.3 is 0 Å². The van der Waals surface area contributed by atoms with Gasteiger partial charge in [0.25, 0.3) is 5.69 Å². The number of aromatic nitrogens is 3. The fourth-order valence-electron chi connectivity index (χ4n) is 1.90. The van der Waals surface area contributed by atoms with Crippen molar-refractivity contribution in [3.63, 3.8) is 0 Å². The molecular formula is C13H10N4O3. The van der Waals surface area contributed by atoms with Crippen LogP contribution < -0.4 is 4.74 Å². The summed E-state index contributed by atoms with van der Waals surface area (Å²) in [6, 6.07) is 7.76. The summed E-state index contributed by atoms with van der Waals surface area (Å²) in [5.74, 6) is 0.896. The van der Waals surface area contributed by atoms with E-state index in [1.165, 1.54) is 30.6 Å². The highest BCUT2D eigenvalue weighted by Crippen LogP contribution is 2.27. The number of rotatable bonds is 3. The second-order valence-corrected chi connectivity index (χ2v) is 4.21. The third-order valence-corrected chi connectivity index (χ3v) is 2.88. The molecule has 0 radical (unpaired) electrons. The van der Waals surface area contributed by atoms with Gasteiger partial charge in [-0.1, -0.05) is 0 Å². The van der Waals surface area contributed by atoms with E-state index in [9.17, 15) is 10.1 Å². The Bertz CT molecular complexity index is 780. The highest BCUT2D eigenvalue weighted by molar-refractivity contribution is 5.62. The van der Waals surface area contributed by atoms with Crippen molar-refractivity contribution in [1.29, 1.82) is 0 Å². The molecule has 0 saturated carbocycles. The topological polar surface area (TPSA) is 82.6 Å². The summed E-state index contributed by atoms with van der Waals surface area (Å²) in [5, 5.41) is 14.7. The number of aryl methyl sites for hydroxylation is 1. The van der Waals surface area contributed by atoms with Crippen LogP contribution in [0.3, 0.4) is 0 Å². The van der Waals surface area contributed by atoms with E-state index in [4.69, 9.17) is 4.74 Å². The van der Waals surface area contributed by atoms with Crippen LogP contribution in [-0.2, 0) is 0 Å². The molecule has 7 heteroatoms. The smallest absolute Gasteiger partial charge is 0.269 e. The fourth-order valence-corrected chi connectivity index (χ4v) is 1.90. The van der Waals surface area contributed by atoms with Crippen LogP contribution in [0.5, 0.6) is 11.6 Å². The molecule has 1 aromatic carbocycles. The molecule has 0 aliphatic rings. The quantitative estimate of drug-likeness (QED) is 0.539. The summed E-state index contributed by atoms with van der Waals surface area (Å²) in [7, 11) is 0. The van der Waals surface area contributed by atoms with Crippen molar-refractivity contribution in [2.45, 2.75) is 6.92 Å². The van der Waals surface area contributed by atoms with Crippen molar-refractivity contribution in [2.75, 3.05) is 0 Å². The van der Waals surface area contributed by atoms with Gasteiger partial charge < -0.3 is 4.74 Å². The molecule has 2 aromatic heterocycles. The number of hydrogen-bond acceptors (Lipinski definition) is 5. The van der Waals surface area contributed by atoms with E-state index < -0.39 is 4.92 Å². The lowest BCUT2D eigenvalue weighted by atomic mass is 10.3. The first-order chi connectivity index (χ1) is 9.65. The maximum Gasteiger partial charge on any atom is 0.269 e. The molecule has 100 valence electrons. The Morgan fingerprint density at radius 1 is 1.25 bits per heavy atom. The van der Waals surface area contributed by atoms with Gasteiger partial charge in [0, 0.05) is 18.3 Å². The second kappa shape index (κ2) is 4.61. The van der Waals surface area contributed by atoms with Crippen molar-refractivity contribution >= 4 is 11.2 Å². The maximum atomic E-state index is 10.6. The molecule has 7 nitrogen and oxygen atoms in total. The molecule has 0 N–H and O–H groups in total. The van der Waals surface area contributed by atoms with Gasteiger partial charge in [0.1, 0.15) is 17.6 Å². The van der Waals surface area contributed by atoms with Crippen LogP contribution in [0, 0.1) is 17.0 Å². The Hall–Kier alpha value is -2.96. The average Bonchev–Trinajstić information content (AvgIpc) is 2.82. The number of ether oxygens (including phenoxy) is 1. The van der Waals surface area contributed by atoms with Gasteiger partial charge in [-0.3, -0.25) is 10.1 Å². The lowest BCUT2D eigenvalue weighted by Crippen LogP contribution is -1.96. The van der Waals surface area contributed by atoms with Crippen LogP contribution >= 0.6 is 0 Å². The molecule has 0 aliphatic heterocycles. The molecule has 0 fully saturated rings. The number of fused-ring (bicyclic) bond motifs is 1. The summed E-state index contributed by atoms with van der Waals surface area (Å²) < 4.78 is 7.34. The summed E-state index contributed by atoms with van der Waals surface area (Å²) in [4.78, 5) is 14.2. The van der Waals surface area contributed by atoms with Crippen molar-refractivity contribution in [1.82, 2.24) is 14.6 Å². The first kappa shape index (κ1) is 12.1. The minimum Gasteiger partial charge on any atom is -0.437 e. The van der Waals surface area contributed by atoms with Gasteiger partial charge in [0.2, 0.25) is 5.88 Å². The minimum atomic E-state index is -0.454. The predicted molar refractivity (Wildman–Crippen MR) is 70.9 cm³/mol. The van der Waals surface area contributed by atoms with Crippen LogP contribution in [-0.4, -0.2) is 19.5 Å². The predicted octanol–water partition coefficient (Wildman–Crippen LogP) is 2.74. The van der Waals surface area contributed by atoms with E-state index in [0.717, 1.165) is 11.1 Å². The van der Waals surface area contributed by atoms with Gasteiger partial charge in [-0.2, -0.15) is 10.1 Å². The third kappa shape index (κ3) is 2.05. The molecule has 3 rings (SSSR count). The number of hydrogen-bond donors (Lipinski definition) is 0. The van der Waals surface area contributed by atoms with Crippen LogP contribution in [0.2, 0.25) is 0 Å². The lowest BCUT2D eigenvalue weighted by Gasteiger charge is -2.06. The van der Waals surface area contributed by atoms with E-state index in [-0.39, 0.29) is 5.69 Å². The zero-order chi connectivity index (χ0) is 14.1. The summed E-state index contributed by atoms with van der Waals surface area (Å²) in [5.41, 5.74) is 1.78. The molecule has 0 atom stereocenters. The Kier molecular flexibility index (Phi) is 2.79. The van der Waals surface area contributed by atoms with Gasteiger partial charge in [-0.25, -0.2) is 4.52 Å². The highest BCUT2D eigenvalue weighted by Gasteiger charge is 2.10. The van der Waals surface area contributed by atoms with Gasteiger partial charge in [0.15, 0.2) is 0 Å². The van der Waals surface area contributed by atoms with Gasteiger partial charge in [0.05, 0.1) is 4.92 Å². The Morgan fingerprint density at radius 2 is 2.00 bits per heavy atom. The first-order valence-electron chi connectivity index (χ1n) is 5.86. The molecule has 3 aromatic rings. The summed E-state index contributed by atoms with van der Waals surface area (Å²) in [6.07, 6.45) is 3.21. The monoisotopic (exact) mass is 270 g/mol. The molecule has 0 unspecified atom stereocenters. The molecule has 0 saturated heterocycles. The normalized spacial score (nSPS) is 10.7. The fraction of sp³-hybridized carbons (Fsp3) is 0.0769. The molecule has 0 amide bonds. The maximum absolute atomic E-state index is 10.6. The van der Waals surface area contributed by atoms with Gasteiger partial charge in [-0.15, -0.1) is 0 Å². The average molecular weight is 270 g/mol. The molecular weight excluding hydrogens is 260 g/mol. The molecule has 0 spiro atoms. The standard InChI is InChI=1S/C13H10N4O3/c1-9-6-7-16-12(9)13(14-8-15-16)20-11-4-2-10(3-5-11)17(18)19/h2-8H,1H3.